The highest BCUT2D eigenvalue weighted by Crippen LogP contribution is 2.34. The summed E-state index contributed by atoms with van der Waals surface area (Å²) in [5.74, 6) is 1.57. The second-order valence-electron chi connectivity index (χ2n) is 7.24. The molecular formula is C21H25NO4S. The van der Waals surface area contributed by atoms with E-state index in [9.17, 15) is 8.42 Å². The zero-order valence-corrected chi connectivity index (χ0v) is 16.2. The van der Waals surface area contributed by atoms with Gasteiger partial charge in [0.05, 0.1) is 18.1 Å². The van der Waals surface area contributed by atoms with Crippen LogP contribution in [-0.4, -0.2) is 32.5 Å². The van der Waals surface area contributed by atoms with Crippen molar-refractivity contribution in [1.82, 2.24) is 4.31 Å². The molecule has 0 saturated heterocycles. The lowest BCUT2D eigenvalue weighted by molar-refractivity contribution is 0.242. The molecule has 1 aliphatic heterocycles. The molecule has 0 unspecified atom stereocenters. The van der Waals surface area contributed by atoms with E-state index in [0.717, 1.165) is 24.8 Å². The molecule has 0 amide bonds. The van der Waals surface area contributed by atoms with Crippen LogP contribution in [0.3, 0.4) is 0 Å². The third-order valence-corrected chi connectivity index (χ3v) is 7.05. The van der Waals surface area contributed by atoms with Crippen molar-refractivity contribution in [2.45, 2.75) is 37.1 Å². The molecule has 2 aromatic rings. The molecule has 0 spiro atoms. The molecule has 27 heavy (non-hydrogen) atoms. The van der Waals surface area contributed by atoms with E-state index in [1.54, 1.807) is 22.5 Å². The van der Waals surface area contributed by atoms with Crippen LogP contribution in [0.4, 0.5) is 0 Å². The standard InChI is InChI=1S/C21H25NO4S/c23-27(24,19-10-11-20-21(14-19)26-13-5-12-25-20)22(16-18-8-4-9-18)15-17-6-2-1-3-7-17/h1-3,6-7,10-11,14,18H,4-5,8-9,12-13,15-16H2. The van der Waals surface area contributed by atoms with Gasteiger partial charge in [0.2, 0.25) is 10.0 Å². The Morgan fingerprint density at radius 3 is 2.37 bits per heavy atom. The van der Waals surface area contributed by atoms with Gasteiger partial charge < -0.3 is 9.47 Å². The van der Waals surface area contributed by atoms with Gasteiger partial charge in [0, 0.05) is 25.6 Å². The molecule has 0 bridgehead atoms. The quantitative estimate of drug-likeness (QED) is 0.756. The number of sulfonamides is 1. The molecule has 4 rings (SSSR count). The van der Waals surface area contributed by atoms with Gasteiger partial charge in [-0.2, -0.15) is 4.31 Å². The van der Waals surface area contributed by atoms with Gasteiger partial charge in [0.15, 0.2) is 11.5 Å². The van der Waals surface area contributed by atoms with Crippen molar-refractivity contribution in [1.29, 1.82) is 0 Å². The maximum atomic E-state index is 13.4. The first-order valence-corrected chi connectivity index (χ1v) is 11.0. The average molecular weight is 388 g/mol. The van der Waals surface area contributed by atoms with Crippen molar-refractivity contribution >= 4 is 10.0 Å². The van der Waals surface area contributed by atoms with Crippen LogP contribution in [0.25, 0.3) is 0 Å². The molecular weight excluding hydrogens is 362 g/mol. The average Bonchev–Trinajstić information content (AvgIpc) is 2.89. The second-order valence-corrected chi connectivity index (χ2v) is 9.18. The molecule has 1 aliphatic carbocycles. The SMILES string of the molecule is O=S(=O)(c1ccc2c(c1)OCCCO2)N(Cc1ccccc1)CC1CCC1. The molecule has 2 aliphatic rings. The number of ether oxygens (including phenoxy) is 2. The third kappa shape index (κ3) is 4.12. The number of hydrogen-bond acceptors (Lipinski definition) is 4. The molecule has 2 aromatic carbocycles. The van der Waals surface area contributed by atoms with Crippen molar-refractivity contribution in [3.63, 3.8) is 0 Å². The fourth-order valence-corrected chi connectivity index (χ4v) is 4.97. The Labute approximate surface area is 161 Å². The summed E-state index contributed by atoms with van der Waals surface area (Å²) >= 11 is 0. The van der Waals surface area contributed by atoms with E-state index in [1.165, 1.54) is 6.42 Å². The lowest BCUT2D eigenvalue weighted by Gasteiger charge is -2.32. The zero-order chi connectivity index (χ0) is 18.7. The van der Waals surface area contributed by atoms with Gasteiger partial charge in [-0.25, -0.2) is 8.42 Å². The first-order valence-electron chi connectivity index (χ1n) is 9.57. The van der Waals surface area contributed by atoms with Crippen LogP contribution in [-0.2, 0) is 16.6 Å². The molecule has 0 atom stereocenters. The maximum absolute atomic E-state index is 13.4. The number of nitrogens with zero attached hydrogens (tertiary/aromatic N) is 1. The van der Waals surface area contributed by atoms with Crippen LogP contribution in [0.2, 0.25) is 0 Å². The number of hydrogen-bond donors (Lipinski definition) is 0. The predicted molar refractivity (Wildman–Crippen MR) is 103 cm³/mol. The van der Waals surface area contributed by atoms with E-state index < -0.39 is 10.0 Å². The summed E-state index contributed by atoms with van der Waals surface area (Å²) in [4.78, 5) is 0.266. The third-order valence-electron chi connectivity index (χ3n) is 5.25. The summed E-state index contributed by atoms with van der Waals surface area (Å²) in [7, 11) is -3.62. The molecule has 0 radical (unpaired) electrons. The normalized spacial score (nSPS) is 17.4. The first-order chi connectivity index (χ1) is 13.1. The second kappa shape index (κ2) is 7.90. The van der Waals surface area contributed by atoms with Crippen molar-refractivity contribution < 1.29 is 17.9 Å². The molecule has 1 fully saturated rings. The monoisotopic (exact) mass is 387 g/mol. The van der Waals surface area contributed by atoms with Crippen LogP contribution in [0, 0.1) is 5.92 Å². The van der Waals surface area contributed by atoms with Crippen molar-refractivity contribution in [3.05, 3.63) is 54.1 Å². The molecule has 144 valence electrons. The van der Waals surface area contributed by atoms with E-state index in [0.29, 0.717) is 43.7 Å². The van der Waals surface area contributed by atoms with E-state index in [4.69, 9.17) is 9.47 Å². The van der Waals surface area contributed by atoms with E-state index in [1.807, 2.05) is 30.3 Å². The van der Waals surface area contributed by atoms with Crippen LogP contribution in [0.5, 0.6) is 11.5 Å². The Morgan fingerprint density at radius 1 is 0.926 bits per heavy atom. The molecule has 1 heterocycles. The maximum Gasteiger partial charge on any atom is 0.243 e. The molecule has 1 saturated carbocycles. The Bertz CT molecular complexity index is 878. The topological polar surface area (TPSA) is 55.8 Å². The summed E-state index contributed by atoms with van der Waals surface area (Å²) in [6.45, 7) is 2.06. The molecule has 0 aromatic heterocycles. The fraction of sp³-hybridized carbons (Fsp3) is 0.429. The first kappa shape index (κ1) is 18.3. The minimum atomic E-state index is -3.62. The summed E-state index contributed by atoms with van der Waals surface area (Å²) < 4.78 is 39.8. The fourth-order valence-electron chi connectivity index (χ4n) is 3.45. The van der Waals surface area contributed by atoms with Gasteiger partial charge in [-0.3, -0.25) is 0 Å². The van der Waals surface area contributed by atoms with Crippen LogP contribution >= 0.6 is 0 Å². The summed E-state index contributed by atoms with van der Waals surface area (Å²) in [6, 6.07) is 14.7. The molecule has 0 N–H and O–H groups in total. The Kier molecular flexibility index (Phi) is 5.36. The van der Waals surface area contributed by atoms with Crippen molar-refractivity contribution in [2.75, 3.05) is 19.8 Å². The van der Waals surface area contributed by atoms with E-state index >= 15 is 0 Å². The number of rotatable bonds is 6. The van der Waals surface area contributed by atoms with E-state index in [2.05, 4.69) is 0 Å². The number of benzene rings is 2. The van der Waals surface area contributed by atoms with Crippen molar-refractivity contribution in [3.8, 4) is 11.5 Å². The highest BCUT2D eigenvalue weighted by molar-refractivity contribution is 7.89. The Hall–Kier alpha value is -2.05. The smallest absolute Gasteiger partial charge is 0.243 e. The van der Waals surface area contributed by atoms with Crippen LogP contribution in [0.1, 0.15) is 31.2 Å². The minimum Gasteiger partial charge on any atom is -0.490 e. The molecule has 6 heteroatoms. The summed E-state index contributed by atoms with van der Waals surface area (Å²) in [5.41, 5.74) is 0.995. The van der Waals surface area contributed by atoms with Gasteiger partial charge in [-0.05, 0) is 36.5 Å². The van der Waals surface area contributed by atoms with Crippen LogP contribution in [0.15, 0.2) is 53.4 Å². The highest BCUT2D eigenvalue weighted by Gasteiger charge is 2.30. The van der Waals surface area contributed by atoms with Gasteiger partial charge in [-0.1, -0.05) is 36.8 Å². The summed E-state index contributed by atoms with van der Waals surface area (Å²) in [6.07, 6.45) is 4.18. The highest BCUT2D eigenvalue weighted by atomic mass is 32.2. The predicted octanol–water partition coefficient (Wildman–Crippen LogP) is 3.84. The van der Waals surface area contributed by atoms with Crippen LogP contribution < -0.4 is 9.47 Å². The Morgan fingerprint density at radius 2 is 1.67 bits per heavy atom. The lowest BCUT2D eigenvalue weighted by atomic mass is 9.85. The molecule has 5 nitrogen and oxygen atoms in total. The van der Waals surface area contributed by atoms with E-state index in [-0.39, 0.29) is 4.90 Å². The zero-order valence-electron chi connectivity index (χ0n) is 15.3. The summed E-state index contributed by atoms with van der Waals surface area (Å²) in [5, 5.41) is 0. The minimum absolute atomic E-state index is 0.266. The van der Waals surface area contributed by atoms with Gasteiger partial charge in [0.1, 0.15) is 0 Å². The van der Waals surface area contributed by atoms with Gasteiger partial charge >= 0.3 is 0 Å². The Balaban J connectivity index is 1.63. The van der Waals surface area contributed by atoms with Gasteiger partial charge in [-0.15, -0.1) is 0 Å². The lowest BCUT2D eigenvalue weighted by Crippen LogP contribution is -2.37. The van der Waals surface area contributed by atoms with Crippen molar-refractivity contribution in [2.24, 2.45) is 5.92 Å². The largest absolute Gasteiger partial charge is 0.490 e. The van der Waals surface area contributed by atoms with Gasteiger partial charge in [0.25, 0.3) is 0 Å². The number of fused-ring (bicyclic) bond motifs is 1.